The molecule has 0 aliphatic carbocycles. The molecule has 1 atom stereocenters. The Kier molecular flexibility index (Phi) is 3.48. The monoisotopic (exact) mass is 162 g/mol. The maximum Gasteiger partial charge on any atom is 0.0300 e. The first-order valence-electron chi connectivity index (χ1n) is 4.08. The summed E-state index contributed by atoms with van der Waals surface area (Å²) in [5, 5.41) is 0. The quantitative estimate of drug-likeness (QED) is 0.682. The van der Waals surface area contributed by atoms with Crippen LogP contribution in [0.4, 0.5) is 0 Å². The van der Waals surface area contributed by atoms with E-state index in [4.69, 9.17) is 5.73 Å². The highest BCUT2D eigenvalue weighted by Crippen LogP contribution is 2.02. The summed E-state index contributed by atoms with van der Waals surface area (Å²) in [6.07, 6.45) is 7.20. The molecule has 64 valence electrons. The van der Waals surface area contributed by atoms with Gasteiger partial charge < -0.3 is 5.73 Å². The van der Waals surface area contributed by atoms with Crippen molar-refractivity contribution >= 4 is 0 Å². The Labute approximate surface area is 73.1 Å². The Bertz CT molecular complexity index is 231. The molecule has 1 heterocycles. The van der Waals surface area contributed by atoms with Crippen LogP contribution < -0.4 is 5.73 Å². The van der Waals surface area contributed by atoms with Gasteiger partial charge in [0.2, 0.25) is 0 Å². The van der Waals surface area contributed by atoms with Crippen LogP contribution >= 0.6 is 0 Å². The molecule has 12 heavy (non-hydrogen) atoms. The van der Waals surface area contributed by atoms with Gasteiger partial charge in [-0.25, -0.2) is 0 Å². The highest BCUT2D eigenvalue weighted by Gasteiger charge is 2.00. The Morgan fingerprint density at radius 1 is 1.67 bits per heavy atom. The van der Waals surface area contributed by atoms with Crippen molar-refractivity contribution in [1.82, 2.24) is 4.98 Å². The molecule has 0 aliphatic rings. The lowest BCUT2D eigenvalue weighted by Crippen LogP contribution is -2.21. The summed E-state index contributed by atoms with van der Waals surface area (Å²) < 4.78 is 0. The van der Waals surface area contributed by atoms with E-state index >= 15 is 0 Å². The molecule has 0 aromatic carbocycles. The van der Waals surface area contributed by atoms with E-state index in [0.29, 0.717) is 0 Å². The van der Waals surface area contributed by atoms with Crippen molar-refractivity contribution in [3.8, 4) is 0 Å². The number of aromatic nitrogens is 1. The highest BCUT2D eigenvalue weighted by molar-refractivity contribution is 5.10. The summed E-state index contributed by atoms with van der Waals surface area (Å²) in [5.74, 6) is 0. The van der Waals surface area contributed by atoms with Gasteiger partial charge in [-0.3, -0.25) is 4.98 Å². The van der Waals surface area contributed by atoms with E-state index in [-0.39, 0.29) is 6.04 Å². The molecule has 1 aromatic rings. The van der Waals surface area contributed by atoms with Gasteiger partial charge in [0.25, 0.3) is 0 Å². The van der Waals surface area contributed by atoms with E-state index in [1.807, 2.05) is 24.4 Å². The second-order valence-corrected chi connectivity index (χ2v) is 2.85. The van der Waals surface area contributed by atoms with Gasteiger partial charge in [-0.2, -0.15) is 0 Å². The molecule has 2 heteroatoms. The first-order chi connectivity index (χ1) is 5.83. The van der Waals surface area contributed by atoms with Crippen LogP contribution in [0.1, 0.15) is 12.0 Å². The van der Waals surface area contributed by atoms with Gasteiger partial charge >= 0.3 is 0 Å². The summed E-state index contributed by atoms with van der Waals surface area (Å²) in [7, 11) is 0. The molecule has 1 unspecified atom stereocenters. The van der Waals surface area contributed by atoms with E-state index in [0.717, 1.165) is 12.8 Å². The molecule has 0 aliphatic heterocycles. The SMILES string of the molecule is C=CCC(N)Cc1cccnc1. The number of rotatable bonds is 4. The summed E-state index contributed by atoms with van der Waals surface area (Å²) in [6.45, 7) is 3.65. The van der Waals surface area contributed by atoms with E-state index in [2.05, 4.69) is 11.6 Å². The van der Waals surface area contributed by atoms with Crippen LogP contribution in [0.3, 0.4) is 0 Å². The van der Waals surface area contributed by atoms with Crippen molar-refractivity contribution in [2.24, 2.45) is 5.73 Å². The maximum atomic E-state index is 5.82. The largest absolute Gasteiger partial charge is 0.327 e. The third-order valence-electron chi connectivity index (χ3n) is 1.69. The molecule has 2 N–H and O–H groups in total. The van der Waals surface area contributed by atoms with Crippen molar-refractivity contribution in [2.75, 3.05) is 0 Å². The summed E-state index contributed by atoms with van der Waals surface area (Å²) in [5.41, 5.74) is 7.00. The molecule has 0 bridgehead atoms. The van der Waals surface area contributed by atoms with E-state index in [1.54, 1.807) is 6.20 Å². The molecule has 0 fully saturated rings. The fraction of sp³-hybridized carbons (Fsp3) is 0.300. The molecular weight excluding hydrogens is 148 g/mol. The van der Waals surface area contributed by atoms with Crippen LogP contribution in [0.15, 0.2) is 37.2 Å². The molecule has 1 rings (SSSR count). The smallest absolute Gasteiger partial charge is 0.0300 e. The van der Waals surface area contributed by atoms with Crippen molar-refractivity contribution in [2.45, 2.75) is 18.9 Å². The lowest BCUT2D eigenvalue weighted by molar-refractivity contribution is 0.678. The zero-order chi connectivity index (χ0) is 8.81. The summed E-state index contributed by atoms with van der Waals surface area (Å²) in [6, 6.07) is 4.14. The van der Waals surface area contributed by atoms with Gasteiger partial charge in [0, 0.05) is 18.4 Å². The maximum absolute atomic E-state index is 5.82. The van der Waals surface area contributed by atoms with Gasteiger partial charge in [0.05, 0.1) is 0 Å². The van der Waals surface area contributed by atoms with Crippen molar-refractivity contribution < 1.29 is 0 Å². The fourth-order valence-corrected chi connectivity index (χ4v) is 1.12. The number of pyridine rings is 1. The first kappa shape index (κ1) is 8.94. The van der Waals surface area contributed by atoms with Gasteiger partial charge in [-0.05, 0) is 24.5 Å². The van der Waals surface area contributed by atoms with Gasteiger partial charge in [-0.15, -0.1) is 6.58 Å². The minimum absolute atomic E-state index is 0.173. The first-order valence-corrected chi connectivity index (χ1v) is 4.08. The van der Waals surface area contributed by atoms with Crippen LogP contribution in [0.2, 0.25) is 0 Å². The zero-order valence-corrected chi connectivity index (χ0v) is 7.11. The Morgan fingerprint density at radius 2 is 2.50 bits per heavy atom. The average Bonchev–Trinajstić information content (AvgIpc) is 2.06. The second kappa shape index (κ2) is 4.67. The number of nitrogens with zero attached hydrogens (tertiary/aromatic N) is 1. The van der Waals surface area contributed by atoms with Gasteiger partial charge in [0.1, 0.15) is 0 Å². The fourth-order valence-electron chi connectivity index (χ4n) is 1.12. The average molecular weight is 162 g/mol. The number of hydrogen-bond acceptors (Lipinski definition) is 2. The van der Waals surface area contributed by atoms with Crippen molar-refractivity contribution in [3.63, 3.8) is 0 Å². The third-order valence-corrected chi connectivity index (χ3v) is 1.69. The van der Waals surface area contributed by atoms with E-state index in [9.17, 15) is 0 Å². The highest BCUT2D eigenvalue weighted by atomic mass is 14.6. The number of nitrogens with two attached hydrogens (primary N) is 1. The third kappa shape index (κ3) is 2.84. The predicted octanol–water partition coefficient (Wildman–Crippen LogP) is 1.53. The van der Waals surface area contributed by atoms with Crippen molar-refractivity contribution in [3.05, 3.63) is 42.7 Å². The molecule has 0 saturated heterocycles. The van der Waals surface area contributed by atoms with E-state index < -0.39 is 0 Å². The standard InChI is InChI=1S/C10H14N2/c1-2-4-10(11)7-9-5-3-6-12-8-9/h2-3,5-6,8,10H,1,4,7,11H2. The van der Waals surface area contributed by atoms with Crippen LogP contribution in [0, 0.1) is 0 Å². The molecule has 0 saturated carbocycles. The van der Waals surface area contributed by atoms with Gasteiger partial charge in [-0.1, -0.05) is 12.1 Å². The minimum Gasteiger partial charge on any atom is -0.327 e. The number of hydrogen-bond donors (Lipinski definition) is 1. The van der Waals surface area contributed by atoms with Crippen molar-refractivity contribution in [1.29, 1.82) is 0 Å². The van der Waals surface area contributed by atoms with Crippen LogP contribution in [-0.4, -0.2) is 11.0 Å². The molecular formula is C10H14N2. The second-order valence-electron chi connectivity index (χ2n) is 2.85. The molecule has 2 nitrogen and oxygen atoms in total. The Morgan fingerprint density at radius 3 is 3.08 bits per heavy atom. The van der Waals surface area contributed by atoms with E-state index in [1.165, 1.54) is 5.56 Å². The predicted molar refractivity (Wildman–Crippen MR) is 50.7 cm³/mol. The summed E-state index contributed by atoms with van der Waals surface area (Å²) >= 11 is 0. The summed E-state index contributed by atoms with van der Waals surface area (Å²) in [4.78, 5) is 4.02. The zero-order valence-electron chi connectivity index (χ0n) is 7.11. The minimum atomic E-state index is 0.173. The molecule has 0 spiro atoms. The lowest BCUT2D eigenvalue weighted by Gasteiger charge is -2.07. The van der Waals surface area contributed by atoms with Crippen LogP contribution in [-0.2, 0) is 6.42 Å². The van der Waals surface area contributed by atoms with Crippen LogP contribution in [0.5, 0.6) is 0 Å². The van der Waals surface area contributed by atoms with Crippen LogP contribution in [0.25, 0.3) is 0 Å². The Hall–Kier alpha value is -1.15. The Balaban J connectivity index is 2.46. The van der Waals surface area contributed by atoms with Gasteiger partial charge in [0.15, 0.2) is 0 Å². The lowest BCUT2D eigenvalue weighted by atomic mass is 10.1. The molecule has 1 aromatic heterocycles. The normalized spacial score (nSPS) is 12.4. The molecule has 0 amide bonds. The molecule has 0 radical (unpaired) electrons. The topological polar surface area (TPSA) is 38.9 Å².